The van der Waals surface area contributed by atoms with Crippen molar-refractivity contribution in [3.63, 3.8) is 0 Å². The number of carboxylic acids is 1. The molecule has 4 unspecified atom stereocenters. The van der Waals surface area contributed by atoms with Crippen molar-refractivity contribution in [1.29, 1.82) is 0 Å². The molecule has 0 aliphatic carbocycles. The van der Waals surface area contributed by atoms with Crippen molar-refractivity contribution in [2.24, 2.45) is 0 Å². The van der Waals surface area contributed by atoms with Gasteiger partial charge in [0.25, 0.3) is 0 Å². The summed E-state index contributed by atoms with van der Waals surface area (Å²) < 4.78 is 18.6. The van der Waals surface area contributed by atoms with Crippen molar-refractivity contribution < 1.29 is 113 Å². The quantitative estimate of drug-likeness (QED) is 0.182. The number of hydrogen-bond acceptors (Lipinski definition) is 9. The molecule has 0 aromatic heterocycles. The van der Waals surface area contributed by atoms with E-state index in [-0.39, 0.29) is 65.4 Å². The molecule has 5 N–H and O–H groups in total. The van der Waals surface area contributed by atoms with Gasteiger partial charge in [-0.05, 0) is 0 Å². The maximum Gasteiger partial charge on any atom is 1.00 e. The second kappa shape index (κ2) is 13.7. The summed E-state index contributed by atoms with van der Waals surface area (Å²) in [7, 11) is -5.64. The SMILES string of the molecule is O=CC(O)C(O)C(O)C(O)C(=O)O.O=P([O-])([O-])F.[Na+].[Na+]. The molecule has 0 saturated heterocycles. The Morgan fingerprint density at radius 1 is 1.10 bits per heavy atom. The first-order chi connectivity index (χ1) is 7.91. The van der Waals surface area contributed by atoms with E-state index in [1.807, 2.05) is 0 Å². The molecule has 0 amide bonds. The van der Waals surface area contributed by atoms with Gasteiger partial charge in [0.15, 0.2) is 12.4 Å². The van der Waals surface area contributed by atoms with Crippen LogP contribution in [0.3, 0.4) is 0 Å². The normalized spacial score (nSPS) is 15.9. The van der Waals surface area contributed by atoms with E-state index < -0.39 is 38.3 Å². The fourth-order valence-corrected chi connectivity index (χ4v) is 0.615. The standard InChI is InChI=1S/C6H10O7.FH2O3P.2Na/c7-1-2(8)3(9)4(10)5(11)6(12)13;1-5(2,3)4;;/h1-5,8-11H,(H,12,13);(H2,2,3,4);;/q;;2*+1/p-2. The Bertz CT molecular complexity index is 317. The van der Waals surface area contributed by atoms with Crippen molar-refractivity contribution in [2.45, 2.75) is 24.4 Å². The molecule has 108 valence electrons. The summed E-state index contributed by atoms with van der Waals surface area (Å²) >= 11 is 0. The largest absolute Gasteiger partial charge is 1.00 e. The first-order valence-electron chi connectivity index (χ1n) is 4.03. The minimum absolute atomic E-state index is 0. The topological polar surface area (TPSA) is 198 Å². The molecular formula is C6H10FNa2O10P. The van der Waals surface area contributed by atoms with Crippen LogP contribution < -0.4 is 68.9 Å². The Kier molecular flexibility index (Phi) is 20.0. The molecule has 0 aliphatic heterocycles. The van der Waals surface area contributed by atoms with Gasteiger partial charge in [0, 0.05) is 0 Å². The van der Waals surface area contributed by atoms with Crippen molar-refractivity contribution in [3.05, 3.63) is 0 Å². The van der Waals surface area contributed by atoms with Gasteiger partial charge in [-0.3, -0.25) is 0 Å². The zero-order valence-corrected chi connectivity index (χ0v) is 15.4. The van der Waals surface area contributed by atoms with E-state index in [1.54, 1.807) is 0 Å². The third-order valence-electron chi connectivity index (χ3n) is 1.42. The van der Waals surface area contributed by atoms with E-state index in [1.165, 1.54) is 0 Å². The third kappa shape index (κ3) is 17.1. The Morgan fingerprint density at radius 3 is 1.60 bits per heavy atom. The van der Waals surface area contributed by atoms with Crippen LogP contribution in [0.4, 0.5) is 4.20 Å². The van der Waals surface area contributed by atoms with Crippen LogP contribution in [-0.2, 0) is 14.2 Å². The zero-order chi connectivity index (χ0) is 15.1. The minimum atomic E-state index is -5.64. The number of aliphatic hydroxyl groups is 4. The van der Waals surface area contributed by atoms with E-state index >= 15 is 0 Å². The van der Waals surface area contributed by atoms with E-state index in [4.69, 9.17) is 39.9 Å². The van der Waals surface area contributed by atoms with Crippen LogP contribution in [0.5, 0.6) is 0 Å². The Labute approximate surface area is 156 Å². The minimum Gasteiger partial charge on any atom is -0.786 e. The molecule has 0 saturated carbocycles. The van der Waals surface area contributed by atoms with Gasteiger partial charge in [-0.1, -0.05) is 0 Å². The van der Waals surface area contributed by atoms with Gasteiger partial charge in [0.2, 0.25) is 0 Å². The summed E-state index contributed by atoms with van der Waals surface area (Å²) in [5.41, 5.74) is 0. The van der Waals surface area contributed by atoms with Gasteiger partial charge >= 0.3 is 65.1 Å². The van der Waals surface area contributed by atoms with Gasteiger partial charge in [0.1, 0.15) is 26.2 Å². The number of aliphatic hydroxyl groups excluding tert-OH is 4. The molecule has 0 fully saturated rings. The molecule has 14 heteroatoms. The molecule has 0 spiro atoms. The number of carbonyl (C=O) groups excluding carboxylic acids is 1. The Hall–Kier alpha value is 1.06. The van der Waals surface area contributed by atoms with Crippen LogP contribution >= 0.6 is 7.91 Å². The molecular weight excluding hydrogens is 328 g/mol. The predicted octanol–water partition coefficient (Wildman–Crippen LogP) is -10.5. The monoisotopic (exact) mass is 338 g/mol. The summed E-state index contributed by atoms with van der Waals surface area (Å²) in [4.78, 5) is 36.8. The fourth-order valence-electron chi connectivity index (χ4n) is 0.615. The molecule has 0 heterocycles. The number of carbonyl (C=O) groups is 2. The first-order valence-corrected chi connectivity index (χ1v) is 5.47. The number of halogens is 1. The maximum atomic E-state index is 10.1. The van der Waals surface area contributed by atoms with Gasteiger partial charge < -0.3 is 44.7 Å². The van der Waals surface area contributed by atoms with Crippen molar-refractivity contribution in [3.8, 4) is 0 Å². The van der Waals surface area contributed by atoms with Crippen LogP contribution in [0.15, 0.2) is 0 Å². The summed E-state index contributed by atoms with van der Waals surface area (Å²) in [5, 5.41) is 43.2. The average molecular weight is 338 g/mol. The number of carboxylic acid groups (broad SMARTS) is 1. The first kappa shape index (κ1) is 29.1. The van der Waals surface area contributed by atoms with Crippen LogP contribution in [0.25, 0.3) is 0 Å². The van der Waals surface area contributed by atoms with Gasteiger partial charge in [0.05, 0.1) is 0 Å². The number of aldehydes is 1. The average Bonchev–Trinajstić information content (AvgIpc) is 2.22. The van der Waals surface area contributed by atoms with E-state index in [2.05, 4.69) is 0 Å². The molecule has 0 bridgehead atoms. The summed E-state index contributed by atoms with van der Waals surface area (Å²) in [6.45, 7) is 0. The molecule has 0 aliphatic rings. The molecule has 0 radical (unpaired) electrons. The van der Waals surface area contributed by atoms with Crippen LogP contribution in [0, 0.1) is 0 Å². The van der Waals surface area contributed by atoms with Crippen molar-refractivity contribution in [2.75, 3.05) is 0 Å². The van der Waals surface area contributed by atoms with Gasteiger partial charge in [-0.15, -0.1) is 0 Å². The number of hydrogen-bond donors (Lipinski definition) is 5. The fraction of sp³-hybridized carbons (Fsp3) is 0.667. The summed E-state index contributed by atoms with van der Waals surface area (Å²) in [6, 6.07) is 0. The molecule has 20 heavy (non-hydrogen) atoms. The summed E-state index contributed by atoms with van der Waals surface area (Å²) in [6.07, 6.45) is -8.39. The third-order valence-corrected chi connectivity index (χ3v) is 1.42. The number of rotatable bonds is 5. The molecule has 10 nitrogen and oxygen atoms in total. The van der Waals surface area contributed by atoms with Crippen LogP contribution in [0.1, 0.15) is 0 Å². The van der Waals surface area contributed by atoms with E-state index in [0.29, 0.717) is 0 Å². The maximum absolute atomic E-state index is 10.1. The smallest absolute Gasteiger partial charge is 0.786 e. The van der Waals surface area contributed by atoms with Crippen LogP contribution in [-0.4, -0.2) is 62.2 Å². The van der Waals surface area contributed by atoms with Crippen LogP contribution in [0.2, 0.25) is 0 Å². The van der Waals surface area contributed by atoms with Gasteiger partial charge in [-0.25, -0.2) is 8.99 Å². The second-order valence-electron chi connectivity index (χ2n) is 2.82. The molecule has 4 atom stereocenters. The van der Waals surface area contributed by atoms with E-state index in [0.717, 1.165) is 0 Å². The van der Waals surface area contributed by atoms with E-state index in [9.17, 15) is 13.8 Å². The Balaban J connectivity index is -0.000000158. The number of aliphatic carboxylic acids is 1. The van der Waals surface area contributed by atoms with Gasteiger partial charge in [-0.2, -0.15) is 0 Å². The molecule has 0 rings (SSSR count). The predicted molar refractivity (Wildman–Crippen MR) is 46.4 cm³/mol. The molecule has 0 aromatic carbocycles. The Morgan fingerprint density at radius 2 is 1.40 bits per heavy atom. The second-order valence-corrected chi connectivity index (χ2v) is 3.68. The zero-order valence-electron chi connectivity index (χ0n) is 10.5. The summed E-state index contributed by atoms with van der Waals surface area (Å²) in [5.74, 6) is -1.76. The molecule has 0 aromatic rings. The van der Waals surface area contributed by atoms with Crippen molar-refractivity contribution >= 4 is 20.2 Å². The van der Waals surface area contributed by atoms with Crippen molar-refractivity contribution in [1.82, 2.24) is 0 Å².